The molecule has 0 aromatic heterocycles. The molecule has 2 fully saturated rings. The van der Waals surface area contributed by atoms with Gasteiger partial charge in [-0.2, -0.15) is 0 Å². The fourth-order valence-corrected chi connectivity index (χ4v) is 6.52. The van der Waals surface area contributed by atoms with E-state index in [4.69, 9.17) is 59.6 Å². The van der Waals surface area contributed by atoms with Crippen LogP contribution in [0.2, 0.25) is 15.1 Å². The van der Waals surface area contributed by atoms with Crippen LogP contribution in [0.3, 0.4) is 0 Å². The molecule has 0 spiro atoms. The lowest BCUT2D eigenvalue weighted by molar-refractivity contribution is 0.0000485. The molecule has 3 aromatic rings. The van der Waals surface area contributed by atoms with Crippen molar-refractivity contribution in [3.05, 3.63) is 83.1 Å². The summed E-state index contributed by atoms with van der Waals surface area (Å²) in [6.45, 7) is 5.45. The Labute approximate surface area is 355 Å². The first-order valence-corrected chi connectivity index (χ1v) is 22.1. The Morgan fingerprint density at radius 1 is 0.653 bits per heavy atom. The largest absolute Gasteiger partial charge is 0.506 e. The van der Waals surface area contributed by atoms with Crippen LogP contribution in [0.15, 0.2) is 68.0 Å². The highest BCUT2D eigenvalue weighted by atomic mass is 79.9. The molecular weight excluding hydrogens is 1090 g/mol. The summed E-state index contributed by atoms with van der Waals surface area (Å²) in [5, 5.41) is 34.1. The second kappa shape index (κ2) is 29.1. The summed E-state index contributed by atoms with van der Waals surface area (Å²) in [6.07, 6.45) is 2.96. The molecule has 0 amide bonds. The summed E-state index contributed by atoms with van der Waals surface area (Å²) in [6, 6.07) is 16.3. The Morgan fingerprint density at radius 3 is 1.43 bits per heavy atom. The molecule has 2 heterocycles. The number of phenols is 1. The fourth-order valence-electron chi connectivity index (χ4n) is 3.44. The molecule has 0 aliphatic carbocycles. The molecule has 49 heavy (non-hydrogen) atoms. The molecule has 0 unspecified atom stereocenters. The summed E-state index contributed by atoms with van der Waals surface area (Å²) in [5.41, 5.74) is 0. The lowest BCUT2D eigenvalue weighted by Gasteiger charge is -2.35. The Morgan fingerprint density at radius 2 is 1.08 bits per heavy atom. The van der Waals surface area contributed by atoms with E-state index in [0.29, 0.717) is 38.5 Å². The van der Waals surface area contributed by atoms with E-state index in [1.807, 2.05) is 36.4 Å². The van der Waals surface area contributed by atoms with E-state index < -0.39 is 0 Å². The van der Waals surface area contributed by atoms with Crippen LogP contribution < -0.4 is 14.8 Å². The monoisotopic (exact) mass is 1120 g/mol. The second-order valence-corrected chi connectivity index (χ2v) is 16.3. The molecule has 2 saturated heterocycles. The number of aromatic hydroxyl groups is 1. The topological polar surface area (TPSA) is 94.4 Å². The molecule has 2 aliphatic rings. The van der Waals surface area contributed by atoms with Gasteiger partial charge >= 0.3 is 0 Å². The minimum atomic E-state index is -0.129. The Balaban J connectivity index is 0.000000332. The van der Waals surface area contributed by atoms with Crippen LogP contribution in [0, 0.1) is 0 Å². The Bertz CT molecular complexity index is 1310. The van der Waals surface area contributed by atoms with Gasteiger partial charge < -0.3 is 30.1 Å². The molecule has 3 aromatic carbocycles. The number of alkyl halides is 3. The van der Waals surface area contributed by atoms with Gasteiger partial charge in [0.2, 0.25) is 0 Å². The van der Waals surface area contributed by atoms with Gasteiger partial charge in [-0.15, -0.1) is 0 Å². The zero-order chi connectivity index (χ0) is 36.6. The van der Waals surface area contributed by atoms with Gasteiger partial charge in [-0.3, -0.25) is 4.90 Å². The predicted molar refractivity (Wildman–Crippen MR) is 227 cm³/mol. The van der Waals surface area contributed by atoms with Crippen LogP contribution in [0.5, 0.6) is 17.2 Å². The first-order chi connectivity index (χ1) is 23.4. The van der Waals surface area contributed by atoms with E-state index in [2.05, 4.69) is 106 Å². The van der Waals surface area contributed by atoms with Gasteiger partial charge in [0.05, 0.1) is 40.5 Å². The minimum absolute atomic E-state index is 0.0463. The quantitative estimate of drug-likeness (QED) is 0.112. The number of halogens is 9. The van der Waals surface area contributed by atoms with Crippen LogP contribution >= 0.6 is 130 Å². The molecule has 2 aliphatic heterocycles. The summed E-state index contributed by atoms with van der Waals surface area (Å²) in [4.78, 5) is 2.20. The average molecular weight is 1130 g/mol. The molecule has 0 atom stereocenters. The molecule has 0 radical (unpaired) electrons. The Hall–Kier alpha value is 0.650. The number of β-amino-alcohol motifs (C(OH)–C–C–N with tert-alkyl or cyclic N) is 2. The number of benzene rings is 3. The van der Waals surface area contributed by atoms with E-state index in [1.54, 1.807) is 12.1 Å². The van der Waals surface area contributed by atoms with Crippen LogP contribution in [0.4, 0.5) is 0 Å². The molecule has 276 valence electrons. The number of aliphatic hydroxyl groups is 2. The maximum absolute atomic E-state index is 9.12. The lowest BCUT2D eigenvalue weighted by atomic mass is 10.1. The van der Waals surface area contributed by atoms with Crippen molar-refractivity contribution in [2.45, 2.75) is 31.5 Å². The van der Waals surface area contributed by atoms with Crippen LogP contribution in [-0.2, 0) is 0 Å². The number of ether oxygens (including phenoxy) is 2. The number of nitrogens with zero attached hydrogens (tertiary/aromatic N) is 1. The Kier molecular flexibility index (Phi) is 28.3. The van der Waals surface area contributed by atoms with Crippen molar-refractivity contribution in [2.75, 3.05) is 61.9 Å². The smallest absolute Gasteiger partial charge is 0.139 e. The highest BCUT2D eigenvalue weighted by Crippen LogP contribution is 2.33. The first kappa shape index (κ1) is 47.7. The third kappa shape index (κ3) is 21.2. The number of hydrogen-bond acceptors (Lipinski definition) is 7. The van der Waals surface area contributed by atoms with Crippen molar-refractivity contribution in [3.63, 3.8) is 0 Å². The summed E-state index contributed by atoms with van der Waals surface area (Å²) in [7, 11) is 0. The number of hydrogen-bond donors (Lipinski definition) is 4. The molecule has 5 rings (SSSR count). The van der Waals surface area contributed by atoms with Crippen molar-refractivity contribution in [3.8, 4) is 17.2 Å². The molecule has 4 N–H and O–H groups in total. The maximum atomic E-state index is 9.12. The molecule has 0 bridgehead atoms. The highest BCUT2D eigenvalue weighted by Gasteiger charge is 2.23. The minimum Gasteiger partial charge on any atom is -0.506 e. The standard InChI is InChI=1S/C12H15BrClNO2.C9H9Br2ClO.C6H4BrClO.C3H6Br2.C3H7NO/c13-10-3-1-4-11(12(10)14)17-6-2-5-15-7-9(16)8-15;10-5-2-6-13-8-4-1-3-7(11)9(8)12;7-4-2-1-3-5(9)6(4)8;4-2-1-3-5;5-3-1-4-2-3/h1,3-4,9,16H,2,5-8H2;1,3-4H,2,5-6H2;1-3,9H;1-3H2;3-5H,1-2H2. The number of likely N-dealkylation sites (tertiary alicyclic amines) is 1. The zero-order valence-electron chi connectivity index (χ0n) is 26.6. The van der Waals surface area contributed by atoms with Gasteiger partial charge in [0.25, 0.3) is 0 Å². The number of rotatable bonds is 11. The summed E-state index contributed by atoms with van der Waals surface area (Å²) >= 11 is 37.4. The van der Waals surface area contributed by atoms with Crippen molar-refractivity contribution in [1.29, 1.82) is 0 Å². The van der Waals surface area contributed by atoms with Gasteiger partial charge in [0.15, 0.2) is 0 Å². The van der Waals surface area contributed by atoms with Crippen molar-refractivity contribution in [1.82, 2.24) is 10.2 Å². The van der Waals surface area contributed by atoms with E-state index in [0.717, 1.165) is 76.3 Å². The van der Waals surface area contributed by atoms with Crippen LogP contribution in [0.25, 0.3) is 0 Å². The average Bonchev–Trinajstić information content (AvgIpc) is 3.05. The van der Waals surface area contributed by atoms with Crippen molar-refractivity contribution in [2.24, 2.45) is 0 Å². The number of phenolic OH excluding ortho intramolecular Hbond substituents is 1. The number of nitrogens with one attached hydrogen (secondary N) is 1. The third-order valence-corrected chi connectivity index (χ3v) is 11.7. The second-order valence-electron chi connectivity index (χ2n) is 10.2. The number of aliphatic hydroxyl groups excluding tert-OH is 2. The van der Waals surface area contributed by atoms with Gasteiger partial charge in [-0.1, -0.05) is 101 Å². The van der Waals surface area contributed by atoms with E-state index in [9.17, 15) is 0 Å². The van der Waals surface area contributed by atoms with E-state index in [-0.39, 0.29) is 18.0 Å². The normalized spacial score (nSPS) is 13.8. The molecule has 7 nitrogen and oxygen atoms in total. The van der Waals surface area contributed by atoms with Crippen molar-refractivity contribution < 1.29 is 24.8 Å². The maximum Gasteiger partial charge on any atom is 0.139 e. The zero-order valence-corrected chi connectivity index (χ0v) is 38.3. The first-order valence-electron chi connectivity index (χ1n) is 15.2. The van der Waals surface area contributed by atoms with Gasteiger partial charge in [0.1, 0.15) is 17.2 Å². The molecule has 0 saturated carbocycles. The van der Waals surface area contributed by atoms with Gasteiger partial charge in [-0.25, -0.2) is 0 Å². The molecule has 16 heteroatoms. The summed E-state index contributed by atoms with van der Waals surface area (Å²) < 4.78 is 13.5. The SMILES string of the molecule is BrCCCBr.Clc1c(Br)cccc1OCCCBr.OC1CN(CCCOc2cccc(Br)c2Cl)C1.OC1CNC1.Oc1cccc(Br)c1Cl. The molecular formula is C33H41Br6Cl3N2O5. The fraction of sp³-hybridized carbons (Fsp3) is 0.455. The van der Waals surface area contributed by atoms with E-state index in [1.165, 1.54) is 12.5 Å². The van der Waals surface area contributed by atoms with Gasteiger partial charge in [-0.05, 0) is 103 Å². The van der Waals surface area contributed by atoms with E-state index >= 15 is 0 Å². The van der Waals surface area contributed by atoms with Gasteiger partial charge in [0, 0.05) is 62.1 Å². The highest BCUT2D eigenvalue weighted by molar-refractivity contribution is 9.11. The lowest BCUT2D eigenvalue weighted by Crippen LogP contribution is -2.50. The predicted octanol–water partition coefficient (Wildman–Crippen LogP) is 10.7. The van der Waals surface area contributed by atoms with Crippen LogP contribution in [0.1, 0.15) is 19.3 Å². The summed E-state index contributed by atoms with van der Waals surface area (Å²) in [5.74, 6) is 1.55. The third-order valence-electron chi connectivity index (χ3n) is 6.14. The van der Waals surface area contributed by atoms with Crippen LogP contribution in [-0.4, -0.2) is 94.4 Å². The van der Waals surface area contributed by atoms with Crippen molar-refractivity contribution >= 4 is 130 Å².